The van der Waals surface area contributed by atoms with Gasteiger partial charge < -0.3 is 24.5 Å². The molecule has 2 heterocycles. The molecular formula is C28H33N3O4. The third-order valence-electron chi connectivity index (χ3n) is 7.38. The molecule has 1 atom stereocenters. The molecule has 7 heteroatoms. The first-order valence-electron chi connectivity index (χ1n) is 12.8. The SMILES string of the molecule is CC(OC(=O)Nc1ccc(-c2c(N)c3ccc(OC4CCOCC4)cc3n2C2CC2)cc1)C1CC1. The van der Waals surface area contributed by atoms with E-state index in [0.717, 1.165) is 85.3 Å². The van der Waals surface area contributed by atoms with Crippen LogP contribution in [-0.2, 0) is 9.47 Å². The highest BCUT2D eigenvalue weighted by atomic mass is 16.6. The minimum atomic E-state index is -0.402. The smallest absolute Gasteiger partial charge is 0.411 e. The molecule has 7 nitrogen and oxygen atoms in total. The third-order valence-corrected chi connectivity index (χ3v) is 7.38. The number of hydrogen-bond donors (Lipinski definition) is 2. The number of nitrogens with zero attached hydrogens (tertiary/aromatic N) is 1. The molecule has 184 valence electrons. The first kappa shape index (κ1) is 22.3. The molecule has 2 aromatic carbocycles. The first-order valence-corrected chi connectivity index (χ1v) is 12.8. The number of nitrogens with one attached hydrogen (secondary N) is 1. The molecule has 3 N–H and O–H groups in total. The van der Waals surface area contributed by atoms with Gasteiger partial charge in [0.2, 0.25) is 0 Å². The Hall–Kier alpha value is -3.19. The second-order valence-electron chi connectivity index (χ2n) is 10.1. The summed E-state index contributed by atoms with van der Waals surface area (Å²) >= 11 is 0. The number of anilines is 2. The molecule has 1 aliphatic heterocycles. The summed E-state index contributed by atoms with van der Waals surface area (Å²) in [5, 5.41) is 3.89. The Bertz CT molecular complexity index is 1220. The second-order valence-corrected chi connectivity index (χ2v) is 10.1. The number of carbonyl (C=O) groups is 1. The Morgan fingerprint density at radius 3 is 2.49 bits per heavy atom. The largest absolute Gasteiger partial charge is 0.490 e. The minimum Gasteiger partial charge on any atom is -0.490 e. The van der Waals surface area contributed by atoms with Crippen LogP contribution in [0.2, 0.25) is 0 Å². The average Bonchev–Trinajstić information content (AvgIpc) is 3.78. The summed E-state index contributed by atoms with van der Waals surface area (Å²) in [5.41, 5.74) is 11.4. The van der Waals surface area contributed by atoms with Gasteiger partial charge in [0.25, 0.3) is 0 Å². The highest BCUT2D eigenvalue weighted by Gasteiger charge is 2.31. The first-order chi connectivity index (χ1) is 17.1. The highest BCUT2D eigenvalue weighted by Crippen LogP contribution is 2.47. The van der Waals surface area contributed by atoms with Crippen LogP contribution in [0.4, 0.5) is 16.2 Å². The Labute approximate surface area is 205 Å². The van der Waals surface area contributed by atoms with Crippen LogP contribution in [0.1, 0.15) is 51.5 Å². The average molecular weight is 476 g/mol. The van der Waals surface area contributed by atoms with E-state index in [1.165, 1.54) is 0 Å². The van der Waals surface area contributed by atoms with Crippen molar-refractivity contribution >= 4 is 28.4 Å². The van der Waals surface area contributed by atoms with Crippen molar-refractivity contribution < 1.29 is 19.0 Å². The summed E-state index contributed by atoms with van der Waals surface area (Å²) in [5.74, 6) is 1.40. The summed E-state index contributed by atoms with van der Waals surface area (Å²) in [7, 11) is 0. The fraction of sp³-hybridized carbons (Fsp3) is 0.464. The van der Waals surface area contributed by atoms with Crippen LogP contribution >= 0.6 is 0 Å². The number of rotatable bonds is 7. The molecule has 0 spiro atoms. The zero-order chi connectivity index (χ0) is 23.9. The van der Waals surface area contributed by atoms with Crippen molar-refractivity contribution in [1.82, 2.24) is 4.57 Å². The molecule has 1 amide bonds. The van der Waals surface area contributed by atoms with Gasteiger partial charge in [0.05, 0.1) is 30.1 Å². The van der Waals surface area contributed by atoms with Crippen LogP contribution in [-0.4, -0.2) is 36.1 Å². The molecule has 0 radical (unpaired) electrons. The van der Waals surface area contributed by atoms with Crippen molar-refractivity contribution in [2.75, 3.05) is 24.3 Å². The van der Waals surface area contributed by atoms with E-state index in [4.69, 9.17) is 19.9 Å². The molecule has 1 aromatic heterocycles. The Morgan fingerprint density at radius 1 is 1.06 bits per heavy atom. The van der Waals surface area contributed by atoms with E-state index < -0.39 is 6.09 Å². The van der Waals surface area contributed by atoms with Gasteiger partial charge in [0.15, 0.2) is 0 Å². The summed E-state index contributed by atoms with van der Waals surface area (Å²) in [4.78, 5) is 12.2. The molecule has 35 heavy (non-hydrogen) atoms. The molecule has 1 unspecified atom stereocenters. The summed E-state index contributed by atoms with van der Waals surface area (Å²) in [6, 6.07) is 14.5. The van der Waals surface area contributed by atoms with Crippen molar-refractivity contribution in [3.63, 3.8) is 0 Å². The third kappa shape index (κ3) is 4.69. The molecule has 3 fully saturated rings. The van der Waals surface area contributed by atoms with Gasteiger partial charge in [0.1, 0.15) is 18.0 Å². The lowest BCUT2D eigenvalue weighted by Crippen LogP contribution is -2.25. The maximum Gasteiger partial charge on any atom is 0.411 e. The topological polar surface area (TPSA) is 87.7 Å². The van der Waals surface area contributed by atoms with Gasteiger partial charge >= 0.3 is 6.09 Å². The molecule has 2 aliphatic carbocycles. The lowest BCUT2D eigenvalue weighted by atomic mass is 10.1. The molecule has 3 aromatic rings. The number of nitrogens with two attached hydrogens (primary N) is 1. The predicted molar refractivity (Wildman–Crippen MR) is 137 cm³/mol. The maximum atomic E-state index is 12.2. The number of aromatic nitrogens is 1. The quantitative estimate of drug-likeness (QED) is 0.429. The molecule has 0 bridgehead atoms. The van der Waals surface area contributed by atoms with Crippen molar-refractivity contribution in [2.24, 2.45) is 5.92 Å². The summed E-state index contributed by atoms with van der Waals surface area (Å²) in [6.45, 7) is 3.47. The molecule has 3 aliphatic rings. The maximum absolute atomic E-state index is 12.2. The fourth-order valence-corrected chi connectivity index (χ4v) is 5.07. The number of nitrogen functional groups attached to an aromatic ring is 1. The monoisotopic (exact) mass is 475 g/mol. The van der Waals surface area contributed by atoms with Crippen molar-refractivity contribution in [3.8, 4) is 17.0 Å². The van der Waals surface area contributed by atoms with Crippen LogP contribution in [0, 0.1) is 5.92 Å². The van der Waals surface area contributed by atoms with Crippen LogP contribution in [0.15, 0.2) is 42.5 Å². The highest BCUT2D eigenvalue weighted by molar-refractivity contribution is 6.02. The Balaban J connectivity index is 1.26. The zero-order valence-corrected chi connectivity index (χ0v) is 20.2. The van der Waals surface area contributed by atoms with Crippen LogP contribution < -0.4 is 15.8 Å². The van der Waals surface area contributed by atoms with Gasteiger partial charge in [-0.25, -0.2) is 4.79 Å². The fourth-order valence-electron chi connectivity index (χ4n) is 5.07. The number of ether oxygens (including phenoxy) is 3. The van der Waals surface area contributed by atoms with Crippen LogP contribution in [0.5, 0.6) is 5.75 Å². The standard InChI is InChI=1S/C28H33N3O4/c1-17(18-2-3-18)34-28(32)30-20-6-4-19(5-7-20)27-26(29)24-11-10-23(35-22-12-14-33-15-13-22)16-25(24)31(27)21-8-9-21/h4-7,10-11,16-18,21-22H,2-3,8-9,12-15,29H2,1H3,(H,30,32). The van der Waals surface area contributed by atoms with Crippen LogP contribution in [0.25, 0.3) is 22.2 Å². The number of carbonyl (C=O) groups excluding carboxylic acids is 1. The van der Waals surface area contributed by atoms with Crippen molar-refractivity contribution in [2.45, 2.75) is 63.7 Å². The zero-order valence-electron chi connectivity index (χ0n) is 20.2. The van der Waals surface area contributed by atoms with Gasteiger partial charge in [-0.2, -0.15) is 0 Å². The van der Waals surface area contributed by atoms with E-state index >= 15 is 0 Å². The predicted octanol–water partition coefficient (Wildman–Crippen LogP) is 6.13. The van der Waals surface area contributed by atoms with Gasteiger partial charge in [-0.1, -0.05) is 12.1 Å². The second kappa shape index (κ2) is 9.11. The molecule has 2 saturated carbocycles. The van der Waals surface area contributed by atoms with E-state index in [0.29, 0.717) is 17.6 Å². The minimum absolute atomic E-state index is 0.0383. The van der Waals surface area contributed by atoms with Crippen LogP contribution in [0.3, 0.4) is 0 Å². The lowest BCUT2D eigenvalue weighted by Gasteiger charge is -2.23. The van der Waals surface area contributed by atoms with Gasteiger partial charge in [-0.05, 0) is 62.8 Å². The van der Waals surface area contributed by atoms with E-state index in [-0.39, 0.29) is 12.2 Å². The lowest BCUT2D eigenvalue weighted by molar-refractivity contribution is 0.0256. The number of fused-ring (bicyclic) bond motifs is 1. The van der Waals surface area contributed by atoms with Gasteiger partial charge in [0, 0.05) is 41.6 Å². The van der Waals surface area contributed by atoms with E-state index in [1.807, 2.05) is 37.3 Å². The Morgan fingerprint density at radius 2 is 1.80 bits per heavy atom. The molecular weight excluding hydrogens is 442 g/mol. The molecule has 1 saturated heterocycles. The van der Waals surface area contributed by atoms with Crippen molar-refractivity contribution in [3.05, 3.63) is 42.5 Å². The molecule has 6 rings (SSSR count). The number of hydrogen-bond acceptors (Lipinski definition) is 5. The van der Waals surface area contributed by atoms with Gasteiger partial charge in [-0.3, -0.25) is 5.32 Å². The van der Waals surface area contributed by atoms with E-state index in [1.54, 1.807) is 0 Å². The van der Waals surface area contributed by atoms with E-state index in [2.05, 4.69) is 22.0 Å². The van der Waals surface area contributed by atoms with Crippen molar-refractivity contribution in [1.29, 1.82) is 0 Å². The summed E-state index contributed by atoms with van der Waals surface area (Å²) < 4.78 is 19.6. The number of amides is 1. The normalized spacial score (nSPS) is 19.5. The van der Waals surface area contributed by atoms with E-state index in [9.17, 15) is 4.79 Å². The Kier molecular flexibility index (Phi) is 5.80. The summed E-state index contributed by atoms with van der Waals surface area (Å²) in [6.07, 6.45) is 6.17. The van der Waals surface area contributed by atoms with Gasteiger partial charge in [-0.15, -0.1) is 0 Å². The number of benzene rings is 2.